The van der Waals surface area contributed by atoms with Crippen molar-refractivity contribution in [1.29, 1.82) is 0 Å². The number of nitrogens with zero attached hydrogens (tertiary/aromatic N) is 3. The van der Waals surface area contributed by atoms with E-state index in [1.165, 1.54) is 0 Å². The van der Waals surface area contributed by atoms with Gasteiger partial charge >= 0.3 is 0 Å². The van der Waals surface area contributed by atoms with Gasteiger partial charge < -0.3 is 14.7 Å². The summed E-state index contributed by atoms with van der Waals surface area (Å²) in [5.74, 6) is 0.955. The molecule has 0 aliphatic heterocycles. The maximum Gasteiger partial charge on any atom is 0.227 e. The fourth-order valence-corrected chi connectivity index (χ4v) is 2.13. The molecule has 0 unspecified atom stereocenters. The summed E-state index contributed by atoms with van der Waals surface area (Å²) < 4.78 is 5.18. The van der Waals surface area contributed by atoms with Crippen LogP contribution in [0.15, 0.2) is 28.8 Å². The first-order valence-electron chi connectivity index (χ1n) is 7.54. The van der Waals surface area contributed by atoms with Crippen LogP contribution < -0.4 is 5.32 Å². The molecule has 1 aromatic heterocycles. The van der Waals surface area contributed by atoms with Crippen molar-refractivity contribution in [2.24, 2.45) is 0 Å². The molecule has 1 aromatic carbocycles. The first-order valence-corrected chi connectivity index (χ1v) is 7.92. The molecule has 0 fully saturated rings. The van der Waals surface area contributed by atoms with Crippen LogP contribution in [0.3, 0.4) is 0 Å². The van der Waals surface area contributed by atoms with Gasteiger partial charge in [-0.1, -0.05) is 16.8 Å². The third kappa shape index (κ3) is 6.00. The molecule has 1 heterocycles. The van der Waals surface area contributed by atoms with Crippen molar-refractivity contribution >= 4 is 17.5 Å². The molecule has 6 nitrogen and oxygen atoms in total. The van der Waals surface area contributed by atoms with Gasteiger partial charge in [0.25, 0.3) is 0 Å². The van der Waals surface area contributed by atoms with Crippen molar-refractivity contribution in [3.05, 3.63) is 35.2 Å². The number of amides is 1. The molecule has 23 heavy (non-hydrogen) atoms. The molecule has 0 saturated heterocycles. The number of hydrogen-bond acceptors (Lipinski definition) is 5. The minimum absolute atomic E-state index is 0.00463. The van der Waals surface area contributed by atoms with E-state index in [2.05, 4.69) is 20.4 Å². The standard InChI is InChI=1S/C16H21ClN4O2/c1-21(2)11-3-10-18-14(22)8-9-15-19-16(20-23-15)12-4-6-13(17)7-5-12/h4-7H,3,8-11H2,1-2H3,(H,18,22). The predicted octanol–water partition coefficient (Wildman–Crippen LogP) is 2.39. The third-order valence-corrected chi connectivity index (χ3v) is 3.49. The average molecular weight is 337 g/mol. The summed E-state index contributed by atoms with van der Waals surface area (Å²) in [4.78, 5) is 18.1. The highest BCUT2D eigenvalue weighted by atomic mass is 35.5. The van der Waals surface area contributed by atoms with Crippen LogP contribution in [0, 0.1) is 0 Å². The number of aryl methyl sites for hydroxylation is 1. The summed E-state index contributed by atoms with van der Waals surface area (Å²) in [5, 5.41) is 7.46. The molecule has 1 N–H and O–H groups in total. The summed E-state index contributed by atoms with van der Waals surface area (Å²) >= 11 is 5.85. The van der Waals surface area contributed by atoms with Crippen LogP contribution in [0.1, 0.15) is 18.7 Å². The lowest BCUT2D eigenvalue weighted by atomic mass is 10.2. The second kappa shape index (κ2) is 8.64. The number of rotatable bonds is 8. The summed E-state index contributed by atoms with van der Waals surface area (Å²) in [6.45, 7) is 1.63. The van der Waals surface area contributed by atoms with Gasteiger partial charge in [0.15, 0.2) is 0 Å². The Morgan fingerprint density at radius 3 is 2.74 bits per heavy atom. The van der Waals surface area contributed by atoms with Gasteiger partial charge in [-0.15, -0.1) is 0 Å². The van der Waals surface area contributed by atoms with E-state index in [-0.39, 0.29) is 5.91 Å². The van der Waals surface area contributed by atoms with Gasteiger partial charge in [0.05, 0.1) is 0 Å². The quantitative estimate of drug-likeness (QED) is 0.749. The Balaban J connectivity index is 1.76. The summed E-state index contributed by atoms with van der Waals surface area (Å²) in [5.41, 5.74) is 0.831. The van der Waals surface area contributed by atoms with Gasteiger partial charge in [-0.05, 0) is 51.3 Å². The summed E-state index contributed by atoms with van der Waals surface area (Å²) in [6.07, 6.45) is 1.70. The molecule has 0 bridgehead atoms. The number of carbonyl (C=O) groups is 1. The third-order valence-electron chi connectivity index (χ3n) is 3.24. The smallest absolute Gasteiger partial charge is 0.227 e. The highest BCUT2D eigenvalue weighted by molar-refractivity contribution is 6.30. The van der Waals surface area contributed by atoms with Crippen molar-refractivity contribution in [2.45, 2.75) is 19.3 Å². The number of aromatic nitrogens is 2. The van der Waals surface area contributed by atoms with Gasteiger partial charge in [0.2, 0.25) is 17.6 Å². The van der Waals surface area contributed by atoms with Gasteiger partial charge in [-0.3, -0.25) is 4.79 Å². The SMILES string of the molecule is CN(C)CCCNC(=O)CCc1nc(-c2ccc(Cl)cc2)no1. The molecule has 2 aromatic rings. The zero-order valence-corrected chi connectivity index (χ0v) is 14.1. The molecule has 7 heteroatoms. The Kier molecular flexibility index (Phi) is 6.55. The van der Waals surface area contributed by atoms with Crippen LogP contribution in [0.5, 0.6) is 0 Å². The zero-order chi connectivity index (χ0) is 16.7. The second-order valence-corrected chi connectivity index (χ2v) is 5.96. The lowest BCUT2D eigenvalue weighted by Gasteiger charge is -2.09. The van der Waals surface area contributed by atoms with Crippen LogP contribution in [-0.2, 0) is 11.2 Å². The maximum atomic E-state index is 11.7. The van der Waals surface area contributed by atoms with E-state index < -0.39 is 0 Å². The molecule has 0 aliphatic carbocycles. The van der Waals surface area contributed by atoms with E-state index in [0.717, 1.165) is 18.5 Å². The van der Waals surface area contributed by atoms with Crippen LogP contribution in [-0.4, -0.2) is 48.1 Å². The van der Waals surface area contributed by atoms with E-state index in [1.807, 2.05) is 26.2 Å². The summed E-state index contributed by atoms with van der Waals surface area (Å²) in [6, 6.07) is 7.20. The monoisotopic (exact) mass is 336 g/mol. The topological polar surface area (TPSA) is 71.3 Å². The van der Waals surface area contributed by atoms with E-state index in [0.29, 0.717) is 36.1 Å². The van der Waals surface area contributed by atoms with Gasteiger partial charge in [0.1, 0.15) is 0 Å². The number of carbonyl (C=O) groups excluding carboxylic acids is 1. The van der Waals surface area contributed by atoms with Crippen molar-refractivity contribution in [2.75, 3.05) is 27.2 Å². The minimum Gasteiger partial charge on any atom is -0.356 e. The maximum absolute atomic E-state index is 11.7. The fraction of sp³-hybridized carbons (Fsp3) is 0.438. The Morgan fingerprint density at radius 1 is 1.30 bits per heavy atom. The number of nitrogens with one attached hydrogen (secondary N) is 1. The van der Waals surface area contributed by atoms with Gasteiger partial charge in [0, 0.05) is 30.0 Å². The highest BCUT2D eigenvalue weighted by Gasteiger charge is 2.10. The molecule has 2 rings (SSSR count). The lowest BCUT2D eigenvalue weighted by molar-refractivity contribution is -0.121. The minimum atomic E-state index is -0.00463. The molecule has 0 aliphatic rings. The molecule has 124 valence electrons. The molecule has 0 radical (unpaired) electrons. The molecule has 0 atom stereocenters. The Labute approximate surface area is 140 Å². The molecular formula is C16H21ClN4O2. The van der Waals surface area contributed by atoms with E-state index >= 15 is 0 Å². The Bertz CT molecular complexity index is 625. The van der Waals surface area contributed by atoms with Crippen LogP contribution >= 0.6 is 11.6 Å². The van der Waals surface area contributed by atoms with Crippen LogP contribution in [0.4, 0.5) is 0 Å². The first kappa shape index (κ1) is 17.4. The highest BCUT2D eigenvalue weighted by Crippen LogP contribution is 2.18. The van der Waals surface area contributed by atoms with Crippen molar-refractivity contribution in [3.63, 3.8) is 0 Å². The number of hydrogen-bond donors (Lipinski definition) is 1. The number of halogens is 1. The van der Waals surface area contributed by atoms with Crippen molar-refractivity contribution in [3.8, 4) is 11.4 Å². The van der Waals surface area contributed by atoms with Crippen LogP contribution in [0.2, 0.25) is 5.02 Å². The Hall–Kier alpha value is -1.92. The molecule has 0 saturated carbocycles. The first-order chi connectivity index (χ1) is 11.0. The fourth-order valence-electron chi connectivity index (χ4n) is 2.00. The number of benzene rings is 1. The normalized spacial score (nSPS) is 11.0. The predicted molar refractivity (Wildman–Crippen MR) is 89.2 cm³/mol. The lowest BCUT2D eigenvalue weighted by Crippen LogP contribution is -2.27. The van der Waals surface area contributed by atoms with Crippen molar-refractivity contribution < 1.29 is 9.32 Å². The van der Waals surface area contributed by atoms with Crippen molar-refractivity contribution in [1.82, 2.24) is 20.4 Å². The van der Waals surface area contributed by atoms with E-state index in [9.17, 15) is 4.79 Å². The molecular weight excluding hydrogens is 316 g/mol. The average Bonchev–Trinajstić information content (AvgIpc) is 2.99. The summed E-state index contributed by atoms with van der Waals surface area (Å²) in [7, 11) is 4.02. The van der Waals surface area contributed by atoms with Crippen LogP contribution in [0.25, 0.3) is 11.4 Å². The molecule has 1 amide bonds. The molecule has 0 spiro atoms. The van der Waals surface area contributed by atoms with Gasteiger partial charge in [-0.25, -0.2) is 0 Å². The van der Waals surface area contributed by atoms with Gasteiger partial charge in [-0.2, -0.15) is 4.98 Å². The largest absolute Gasteiger partial charge is 0.356 e. The second-order valence-electron chi connectivity index (χ2n) is 5.53. The zero-order valence-electron chi connectivity index (χ0n) is 13.4. The van der Waals surface area contributed by atoms with E-state index in [4.69, 9.17) is 16.1 Å². The Morgan fingerprint density at radius 2 is 2.04 bits per heavy atom. The van der Waals surface area contributed by atoms with E-state index in [1.54, 1.807) is 12.1 Å².